The molecule has 3 heteroatoms. The van der Waals surface area contributed by atoms with Gasteiger partial charge in [0.05, 0.1) is 6.61 Å². The zero-order valence-electron chi connectivity index (χ0n) is 8.27. The summed E-state index contributed by atoms with van der Waals surface area (Å²) in [5.74, 6) is 1.28. The van der Waals surface area contributed by atoms with Crippen molar-refractivity contribution in [1.82, 2.24) is 5.32 Å². The number of thioether (sulfide) groups is 1. The third kappa shape index (κ3) is 10.3. The van der Waals surface area contributed by atoms with E-state index in [0.717, 1.165) is 26.3 Å². The van der Waals surface area contributed by atoms with E-state index in [9.17, 15) is 0 Å². The summed E-state index contributed by atoms with van der Waals surface area (Å²) >= 11 is 1.92. The average Bonchev–Trinajstić information content (AvgIpc) is 2.10. The van der Waals surface area contributed by atoms with E-state index in [-0.39, 0.29) is 0 Å². The van der Waals surface area contributed by atoms with Gasteiger partial charge in [0.15, 0.2) is 0 Å². The van der Waals surface area contributed by atoms with E-state index in [0.29, 0.717) is 0 Å². The molecule has 0 unspecified atom stereocenters. The van der Waals surface area contributed by atoms with Crippen LogP contribution in [-0.2, 0) is 4.74 Å². The first-order chi connectivity index (χ1) is 5.91. The van der Waals surface area contributed by atoms with Crippen molar-refractivity contribution in [3.05, 3.63) is 0 Å². The van der Waals surface area contributed by atoms with E-state index in [2.05, 4.69) is 11.6 Å². The van der Waals surface area contributed by atoms with E-state index in [1.165, 1.54) is 18.6 Å². The Morgan fingerprint density at radius 3 is 2.75 bits per heavy atom. The predicted molar refractivity (Wildman–Crippen MR) is 57.0 cm³/mol. The topological polar surface area (TPSA) is 21.3 Å². The summed E-state index contributed by atoms with van der Waals surface area (Å²) in [5, 5.41) is 3.34. The molecular weight excluding hydrogens is 170 g/mol. The van der Waals surface area contributed by atoms with Gasteiger partial charge in [-0.3, -0.25) is 0 Å². The van der Waals surface area contributed by atoms with Crippen LogP contribution in [0.5, 0.6) is 0 Å². The van der Waals surface area contributed by atoms with Crippen LogP contribution in [0.4, 0.5) is 0 Å². The molecule has 0 saturated heterocycles. The van der Waals surface area contributed by atoms with Gasteiger partial charge in [-0.2, -0.15) is 11.8 Å². The molecule has 1 N–H and O–H groups in total. The van der Waals surface area contributed by atoms with Crippen LogP contribution in [-0.4, -0.2) is 38.3 Å². The minimum absolute atomic E-state index is 0.828. The molecule has 0 atom stereocenters. The molecule has 0 aromatic carbocycles. The van der Waals surface area contributed by atoms with Crippen LogP contribution in [0.25, 0.3) is 0 Å². The van der Waals surface area contributed by atoms with Crippen molar-refractivity contribution < 1.29 is 4.74 Å². The fourth-order valence-corrected chi connectivity index (χ4v) is 1.40. The summed E-state index contributed by atoms with van der Waals surface area (Å²) in [6.07, 6.45) is 4.76. The highest BCUT2D eigenvalue weighted by atomic mass is 32.2. The summed E-state index contributed by atoms with van der Waals surface area (Å²) in [5.41, 5.74) is 0. The SMILES string of the molecule is CCOCCNCCCCSC. The van der Waals surface area contributed by atoms with Crippen LogP contribution in [0.2, 0.25) is 0 Å². The number of ether oxygens (including phenoxy) is 1. The molecule has 0 aliphatic heterocycles. The summed E-state index contributed by atoms with van der Waals surface area (Å²) in [6.45, 7) is 5.83. The van der Waals surface area contributed by atoms with E-state index in [1.54, 1.807) is 0 Å². The maximum atomic E-state index is 5.19. The Labute approximate surface area is 80.4 Å². The summed E-state index contributed by atoms with van der Waals surface area (Å²) in [6, 6.07) is 0. The van der Waals surface area contributed by atoms with E-state index in [1.807, 2.05) is 18.7 Å². The second-order valence-corrected chi connectivity index (χ2v) is 3.63. The first-order valence-corrected chi connectivity index (χ1v) is 6.08. The molecule has 0 aliphatic rings. The van der Waals surface area contributed by atoms with Gasteiger partial charge in [0.2, 0.25) is 0 Å². The lowest BCUT2D eigenvalue weighted by Gasteiger charge is -2.03. The second kappa shape index (κ2) is 11.3. The van der Waals surface area contributed by atoms with Crippen LogP contribution in [0.15, 0.2) is 0 Å². The lowest BCUT2D eigenvalue weighted by atomic mass is 10.3. The van der Waals surface area contributed by atoms with Gasteiger partial charge in [-0.15, -0.1) is 0 Å². The molecule has 2 nitrogen and oxygen atoms in total. The summed E-state index contributed by atoms with van der Waals surface area (Å²) in [4.78, 5) is 0. The zero-order chi connectivity index (χ0) is 9.07. The van der Waals surface area contributed by atoms with Gasteiger partial charge in [0, 0.05) is 13.2 Å². The fourth-order valence-electron chi connectivity index (χ4n) is 0.910. The Kier molecular flexibility index (Phi) is 11.5. The monoisotopic (exact) mass is 191 g/mol. The van der Waals surface area contributed by atoms with Crippen LogP contribution in [0.1, 0.15) is 19.8 Å². The van der Waals surface area contributed by atoms with Crippen molar-refractivity contribution in [1.29, 1.82) is 0 Å². The number of hydrogen-bond donors (Lipinski definition) is 1. The summed E-state index contributed by atoms with van der Waals surface area (Å²) < 4.78 is 5.19. The van der Waals surface area contributed by atoms with Gasteiger partial charge < -0.3 is 10.1 Å². The van der Waals surface area contributed by atoms with Crippen molar-refractivity contribution in [2.24, 2.45) is 0 Å². The molecular formula is C9H21NOS. The van der Waals surface area contributed by atoms with Gasteiger partial charge in [0.1, 0.15) is 0 Å². The number of nitrogens with one attached hydrogen (secondary N) is 1. The molecule has 0 fully saturated rings. The minimum Gasteiger partial charge on any atom is -0.380 e. The maximum absolute atomic E-state index is 5.19. The van der Waals surface area contributed by atoms with Crippen molar-refractivity contribution in [2.45, 2.75) is 19.8 Å². The van der Waals surface area contributed by atoms with E-state index in [4.69, 9.17) is 4.74 Å². The van der Waals surface area contributed by atoms with E-state index >= 15 is 0 Å². The Balaban J connectivity index is 2.73. The average molecular weight is 191 g/mol. The predicted octanol–water partition coefficient (Wildman–Crippen LogP) is 1.76. The van der Waals surface area contributed by atoms with Crippen LogP contribution in [0, 0.1) is 0 Å². The Bertz CT molecular complexity index is 70.9. The highest BCUT2D eigenvalue weighted by Crippen LogP contribution is 1.97. The molecule has 0 amide bonds. The second-order valence-electron chi connectivity index (χ2n) is 2.65. The fraction of sp³-hybridized carbons (Fsp3) is 1.00. The van der Waals surface area contributed by atoms with Crippen LogP contribution < -0.4 is 5.32 Å². The molecule has 0 radical (unpaired) electrons. The lowest BCUT2D eigenvalue weighted by molar-refractivity contribution is 0.149. The Morgan fingerprint density at radius 1 is 1.25 bits per heavy atom. The molecule has 0 saturated carbocycles. The smallest absolute Gasteiger partial charge is 0.0590 e. The van der Waals surface area contributed by atoms with Gasteiger partial charge in [-0.05, 0) is 38.3 Å². The van der Waals surface area contributed by atoms with Gasteiger partial charge in [0.25, 0.3) is 0 Å². The zero-order valence-corrected chi connectivity index (χ0v) is 9.08. The highest BCUT2D eigenvalue weighted by molar-refractivity contribution is 7.98. The molecule has 0 aromatic heterocycles. The van der Waals surface area contributed by atoms with Gasteiger partial charge in [-0.1, -0.05) is 0 Å². The Hall–Kier alpha value is 0.270. The van der Waals surface area contributed by atoms with Gasteiger partial charge >= 0.3 is 0 Å². The van der Waals surface area contributed by atoms with Crippen molar-refractivity contribution in [2.75, 3.05) is 38.3 Å². The first-order valence-electron chi connectivity index (χ1n) is 4.69. The lowest BCUT2D eigenvalue weighted by Crippen LogP contribution is -2.20. The normalized spacial score (nSPS) is 10.5. The van der Waals surface area contributed by atoms with Crippen LogP contribution in [0.3, 0.4) is 0 Å². The molecule has 0 heterocycles. The standard InChI is InChI=1S/C9H21NOS/c1-3-11-8-7-10-6-4-5-9-12-2/h10H,3-9H2,1-2H3. The minimum atomic E-state index is 0.828. The Morgan fingerprint density at radius 2 is 2.08 bits per heavy atom. The molecule has 74 valence electrons. The number of rotatable bonds is 9. The highest BCUT2D eigenvalue weighted by Gasteiger charge is 1.88. The number of hydrogen-bond acceptors (Lipinski definition) is 3. The third-order valence-corrected chi connectivity index (χ3v) is 2.28. The van der Waals surface area contributed by atoms with E-state index < -0.39 is 0 Å². The quantitative estimate of drug-likeness (QED) is 0.561. The molecule has 0 aliphatic carbocycles. The number of unbranched alkanes of at least 4 members (excludes halogenated alkanes) is 1. The maximum Gasteiger partial charge on any atom is 0.0590 e. The molecule has 12 heavy (non-hydrogen) atoms. The van der Waals surface area contributed by atoms with Gasteiger partial charge in [-0.25, -0.2) is 0 Å². The van der Waals surface area contributed by atoms with Crippen LogP contribution >= 0.6 is 11.8 Å². The van der Waals surface area contributed by atoms with Crippen molar-refractivity contribution in [3.63, 3.8) is 0 Å². The molecule has 0 bridgehead atoms. The first kappa shape index (κ1) is 12.3. The molecule has 0 aromatic rings. The van der Waals surface area contributed by atoms with Crippen molar-refractivity contribution >= 4 is 11.8 Å². The molecule has 0 rings (SSSR count). The summed E-state index contributed by atoms with van der Waals surface area (Å²) in [7, 11) is 0. The third-order valence-electron chi connectivity index (χ3n) is 1.58. The van der Waals surface area contributed by atoms with Crippen molar-refractivity contribution in [3.8, 4) is 0 Å². The largest absolute Gasteiger partial charge is 0.380 e. The molecule has 0 spiro atoms.